The number of nitrogens with one attached hydrogen (secondary N) is 1. The zero-order chi connectivity index (χ0) is 12.0. The summed E-state index contributed by atoms with van der Waals surface area (Å²) in [6, 6.07) is 0. The molecule has 1 aliphatic heterocycles. The zero-order valence-corrected chi connectivity index (χ0v) is 10.1. The Morgan fingerprint density at radius 3 is 2.56 bits per heavy atom. The van der Waals surface area contributed by atoms with Crippen molar-refractivity contribution in [2.24, 2.45) is 0 Å². The molecule has 1 rings (SSSR count). The van der Waals surface area contributed by atoms with Crippen LogP contribution in [0.4, 0.5) is 0 Å². The van der Waals surface area contributed by atoms with Crippen LogP contribution in [0.25, 0.3) is 0 Å². The summed E-state index contributed by atoms with van der Waals surface area (Å²) in [6.45, 7) is 3.26. The molecule has 1 N–H and O–H groups in total. The minimum Gasteiger partial charge on any atom is -0.465 e. The lowest BCUT2D eigenvalue weighted by Gasteiger charge is -2.21. The van der Waals surface area contributed by atoms with Gasteiger partial charge >= 0.3 is 5.97 Å². The second kappa shape index (κ2) is 6.17. The third-order valence-corrected chi connectivity index (χ3v) is 3.32. The Bertz CT molecular complexity index is 321. The molecule has 7 heteroatoms. The van der Waals surface area contributed by atoms with Gasteiger partial charge in [0.15, 0.2) is 5.75 Å². The number of piperidine rings is 1. The van der Waals surface area contributed by atoms with Crippen LogP contribution in [0.5, 0.6) is 0 Å². The van der Waals surface area contributed by atoms with Crippen molar-refractivity contribution in [1.29, 1.82) is 0 Å². The molecule has 0 aliphatic carbocycles. The van der Waals surface area contributed by atoms with Crippen molar-refractivity contribution in [1.82, 2.24) is 5.32 Å². The maximum Gasteiger partial charge on any atom is 0.323 e. The highest BCUT2D eigenvalue weighted by atomic mass is 32.2. The molecule has 0 unspecified atom stereocenters. The smallest absolute Gasteiger partial charge is 0.323 e. The summed E-state index contributed by atoms with van der Waals surface area (Å²) >= 11 is 0. The van der Waals surface area contributed by atoms with Crippen LogP contribution in [-0.2, 0) is 23.8 Å². The van der Waals surface area contributed by atoms with Crippen LogP contribution in [-0.4, -0.2) is 45.9 Å². The highest BCUT2D eigenvalue weighted by Crippen LogP contribution is 2.11. The van der Waals surface area contributed by atoms with Crippen LogP contribution in [0.3, 0.4) is 0 Å². The van der Waals surface area contributed by atoms with Gasteiger partial charge in [-0.1, -0.05) is 0 Å². The van der Waals surface area contributed by atoms with E-state index in [4.69, 9.17) is 4.18 Å². The number of carbonyl (C=O) groups excluding carboxylic acids is 1. The number of hydrogen-bond donors (Lipinski definition) is 1. The molecule has 0 radical (unpaired) electrons. The highest BCUT2D eigenvalue weighted by molar-refractivity contribution is 7.87. The van der Waals surface area contributed by atoms with E-state index in [1.807, 2.05) is 0 Å². The fourth-order valence-electron chi connectivity index (χ4n) is 1.48. The van der Waals surface area contributed by atoms with Gasteiger partial charge in [-0.3, -0.25) is 8.98 Å². The molecule has 1 fully saturated rings. The summed E-state index contributed by atoms with van der Waals surface area (Å²) in [4.78, 5) is 11.0. The molecular weight excluding hydrogens is 234 g/mol. The maximum absolute atomic E-state index is 11.4. The first-order chi connectivity index (χ1) is 7.53. The van der Waals surface area contributed by atoms with E-state index in [1.54, 1.807) is 6.92 Å². The number of rotatable bonds is 5. The third-order valence-electron chi connectivity index (χ3n) is 2.17. The van der Waals surface area contributed by atoms with Crippen LogP contribution >= 0.6 is 0 Å². The number of hydrogen-bond acceptors (Lipinski definition) is 6. The van der Waals surface area contributed by atoms with E-state index in [-0.39, 0.29) is 12.7 Å². The first-order valence-electron chi connectivity index (χ1n) is 5.31. The van der Waals surface area contributed by atoms with Crippen molar-refractivity contribution < 1.29 is 22.1 Å². The summed E-state index contributed by atoms with van der Waals surface area (Å²) in [5.74, 6) is -1.47. The lowest BCUT2D eigenvalue weighted by Crippen LogP contribution is -2.35. The predicted octanol–water partition coefficient (Wildman–Crippen LogP) is -0.352. The van der Waals surface area contributed by atoms with Crippen LogP contribution < -0.4 is 5.32 Å². The Morgan fingerprint density at radius 2 is 2.00 bits per heavy atom. The van der Waals surface area contributed by atoms with E-state index in [0.29, 0.717) is 12.8 Å². The Hall–Kier alpha value is -0.660. The number of ether oxygens (including phenoxy) is 1. The summed E-state index contributed by atoms with van der Waals surface area (Å²) in [5, 5.41) is 3.10. The van der Waals surface area contributed by atoms with Gasteiger partial charge in [0, 0.05) is 0 Å². The Morgan fingerprint density at radius 1 is 1.38 bits per heavy atom. The van der Waals surface area contributed by atoms with Gasteiger partial charge in [0.2, 0.25) is 0 Å². The van der Waals surface area contributed by atoms with Crippen molar-refractivity contribution in [3.05, 3.63) is 0 Å². The molecule has 0 aromatic carbocycles. The first-order valence-corrected chi connectivity index (χ1v) is 6.88. The summed E-state index contributed by atoms with van der Waals surface area (Å²) < 4.78 is 32.4. The highest BCUT2D eigenvalue weighted by Gasteiger charge is 2.24. The molecule has 0 amide bonds. The van der Waals surface area contributed by atoms with Gasteiger partial charge in [0.1, 0.15) is 0 Å². The average Bonchev–Trinajstić information content (AvgIpc) is 2.17. The van der Waals surface area contributed by atoms with Gasteiger partial charge in [0.05, 0.1) is 12.7 Å². The van der Waals surface area contributed by atoms with Crippen molar-refractivity contribution >= 4 is 16.1 Å². The topological polar surface area (TPSA) is 81.7 Å². The van der Waals surface area contributed by atoms with E-state index in [2.05, 4.69) is 10.1 Å². The molecule has 0 spiro atoms. The van der Waals surface area contributed by atoms with E-state index in [1.165, 1.54) is 0 Å². The second-order valence-corrected chi connectivity index (χ2v) is 5.15. The van der Waals surface area contributed by atoms with Crippen LogP contribution in [0, 0.1) is 0 Å². The minimum atomic E-state index is -3.80. The SMILES string of the molecule is CCOC(=O)CS(=O)(=O)OC1CCNCC1. The third kappa shape index (κ3) is 4.91. The Kier molecular flexibility index (Phi) is 5.17. The lowest BCUT2D eigenvalue weighted by atomic mass is 10.1. The molecule has 94 valence electrons. The molecule has 0 bridgehead atoms. The molecular formula is C9H17NO5S. The van der Waals surface area contributed by atoms with Crippen LogP contribution in [0.1, 0.15) is 19.8 Å². The summed E-state index contributed by atoms with van der Waals surface area (Å²) in [5.41, 5.74) is 0. The monoisotopic (exact) mass is 251 g/mol. The number of carbonyl (C=O) groups is 1. The normalized spacial score (nSPS) is 18.3. The fourth-order valence-corrected chi connectivity index (χ4v) is 2.53. The van der Waals surface area contributed by atoms with Gasteiger partial charge in [-0.05, 0) is 32.9 Å². The zero-order valence-electron chi connectivity index (χ0n) is 9.27. The molecule has 0 atom stereocenters. The van der Waals surface area contributed by atoms with Gasteiger partial charge in [-0.25, -0.2) is 0 Å². The Balaban J connectivity index is 2.41. The van der Waals surface area contributed by atoms with E-state index >= 15 is 0 Å². The standard InChI is InChI=1S/C9H17NO5S/c1-2-14-9(11)7-16(12,13)15-8-3-5-10-6-4-8/h8,10H,2-7H2,1H3. The fraction of sp³-hybridized carbons (Fsp3) is 0.889. The van der Waals surface area contributed by atoms with E-state index < -0.39 is 21.8 Å². The molecule has 0 aromatic rings. The maximum atomic E-state index is 11.4. The quantitative estimate of drug-likeness (QED) is 0.531. The lowest BCUT2D eigenvalue weighted by molar-refractivity contribution is -0.140. The Labute approximate surface area is 95.4 Å². The molecule has 6 nitrogen and oxygen atoms in total. The first kappa shape index (κ1) is 13.4. The van der Waals surface area contributed by atoms with Gasteiger partial charge in [-0.2, -0.15) is 8.42 Å². The molecule has 0 aromatic heterocycles. The number of esters is 1. The van der Waals surface area contributed by atoms with E-state index in [0.717, 1.165) is 13.1 Å². The average molecular weight is 251 g/mol. The molecule has 1 heterocycles. The van der Waals surface area contributed by atoms with Crippen LogP contribution in [0.2, 0.25) is 0 Å². The second-order valence-electron chi connectivity index (χ2n) is 3.55. The summed E-state index contributed by atoms with van der Waals surface area (Å²) in [6.07, 6.45) is 0.963. The summed E-state index contributed by atoms with van der Waals surface area (Å²) in [7, 11) is -3.80. The molecule has 0 saturated carbocycles. The van der Waals surface area contributed by atoms with Crippen molar-refractivity contribution in [2.75, 3.05) is 25.4 Å². The van der Waals surface area contributed by atoms with E-state index in [9.17, 15) is 13.2 Å². The van der Waals surface area contributed by atoms with Crippen molar-refractivity contribution in [3.63, 3.8) is 0 Å². The largest absolute Gasteiger partial charge is 0.465 e. The molecule has 1 aliphatic rings. The van der Waals surface area contributed by atoms with Crippen molar-refractivity contribution in [2.45, 2.75) is 25.9 Å². The van der Waals surface area contributed by atoms with Crippen molar-refractivity contribution in [3.8, 4) is 0 Å². The van der Waals surface area contributed by atoms with Gasteiger partial charge in [0.25, 0.3) is 10.1 Å². The minimum absolute atomic E-state index is 0.168. The predicted molar refractivity (Wildman–Crippen MR) is 57.4 cm³/mol. The van der Waals surface area contributed by atoms with Crippen LogP contribution in [0.15, 0.2) is 0 Å². The van der Waals surface area contributed by atoms with Gasteiger partial charge in [-0.15, -0.1) is 0 Å². The molecule has 16 heavy (non-hydrogen) atoms. The van der Waals surface area contributed by atoms with Gasteiger partial charge < -0.3 is 10.1 Å². The molecule has 1 saturated heterocycles.